The van der Waals surface area contributed by atoms with Crippen molar-refractivity contribution < 1.29 is 9.53 Å². The van der Waals surface area contributed by atoms with E-state index in [1.807, 2.05) is 31.7 Å². The molecule has 132 valence electrons. The van der Waals surface area contributed by atoms with Crippen LogP contribution in [0.15, 0.2) is 36.4 Å². The average molecular weight is 330 g/mol. The van der Waals surface area contributed by atoms with Gasteiger partial charge < -0.3 is 9.64 Å². The smallest absolute Gasteiger partial charge is 0.410 e. The van der Waals surface area contributed by atoms with Crippen LogP contribution in [0, 0.1) is 0 Å². The molecule has 0 spiro atoms. The lowest BCUT2D eigenvalue weighted by Crippen LogP contribution is -2.54. The second-order valence-electron chi connectivity index (χ2n) is 7.41. The van der Waals surface area contributed by atoms with Crippen LogP contribution >= 0.6 is 0 Å². The van der Waals surface area contributed by atoms with Crippen molar-refractivity contribution in [2.24, 2.45) is 0 Å². The summed E-state index contributed by atoms with van der Waals surface area (Å²) in [6.07, 6.45) is 5.22. The largest absolute Gasteiger partial charge is 0.444 e. The Morgan fingerprint density at radius 3 is 2.58 bits per heavy atom. The van der Waals surface area contributed by atoms with Gasteiger partial charge >= 0.3 is 6.09 Å². The van der Waals surface area contributed by atoms with Crippen molar-refractivity contribution in [2.45, 2.75) is 45.8 Å². The molecule has 0 N–H and O–H groups in total. The fourth-order valence-electron chi connectivity index (χ4n) is 2.84. The van der Waals surface area contributed by atoms with Gasteiger partial charge in [0.25, 0.3) is 0 Å². The molecule has 1 aromatic carbocycles. The van der Waals surface area contributed by atoms with Gasteiger partial charge in [0.2, 0.25) is 0 Å². The van der Waals surface area contributed by atoms with Crippen LogP contribution in [0.3, 0.4) is 0 Å². The van der Waals surface area contributed by atoms with E-state index >= 15 is 0 Å². The summed E-state index contributed by atoms with van der Waals surface area (Å²) < 4.78 is 5.47. The summed E-state index contributed by atoms with van der Waals surface area (Å²) >= 11 is 0. The Labute approximate surface area is 146 Å². The normalized spacial score (nSPS) is 19.7. The maximum Gasteiger partial charge on any atom is 0.410 e. The third-order valence-electron chi connectivity index (χ3n) is 4.11. The zero-order valence-corrected chi connectivity index (χ0v) is 15.4. The molecule has 4 nitrogen and oxygen atoms in total. The third kappa shape index (κ3) is 6.00. The van der Waals surface area contributed by atoms with Crippen LogP contribution < -0.4 is 0 Å². The van der Waals surface area contributed by atoms with E-state index in [0.717, 1.165) is 32.6 Å². The van der Waals surface area contributed by atoms with Crippen molar-refractivity contribution in [1.29, 1.82) is 0 Å². The first-order valence-corrected chi connectivity index (χ1v) is 8.79. The summed E-state index contributed by atoms with van der Waals surface area (Å²) in [5.41, 5.74) is 0.806. The zero-order chi connectivity index (χ0) is 17.6. The number of rotatable bonds is 4. The number of ether oxygens (including phenoxy) is 1. The molecular formula is C20H30N2O2. The van der Waals surface area contributed by atoms with E-state index < -0.39 is 5.60 Å². The van der Waals surface area contributed by atoms with Crippen molar-refractivity contribution in [3.63, 3.8) is 0 Å². The van der Waals surface area contributed by atoms with Gasteiger partial charge in [-0.15, -0.1) is 0 Å². The lowest BCUT2D eigenvalue weighted by Gasteiger charge is -2.40. The van der Waals surface area contributed by atoms with Crippen LogP contribution in [0.2, 0.25) is 0 Å². The average Bonchev–Trinajstić information content (AvgIpc) is 2.52. The van der Waals surface area contributed by atoms with Gasteiger partial charge in [0.1, 0.15) is 5.60 Å². The lowest BCUT2D eigenvalue weighted by atomic mass is 10.1. The Hall–Kier alpha value is -1.81. The maximum absolute atomic E-state index is 12.2. The van der Waals surface area contributed by atoms with Crippen LogP contribution in [0.25, 0.3) is 6.08 Å². The molecule has 1 atom stereocenters. The molecule has 0 aliphatic carbocycles. The first-order chi connectivity index (χ1) is 11.3. The summed E-state index contributed by atoms with van der Waals surface area (Å²) in [5.74, 6) is 0. The molecule has 1 amide bonds. The molecule has 1 aliphatic rings. The lowest BCUT2D eigenvalue weighted by molar-refractivity contribution is 0.00608. The highest BCUT2D eigenvalue weighted by atomic mass is 16.6. The Kier molecular flexibility index (Phi) is 6.44. The maximum atomic E-state index is 12.2. The SMILES string of the molecule is C[C@@H]1CN(C(=O)OC(C)(C)C)CCN1CC/C=C/c1ccccc1. The molecule has 0 bridgehead atoms. The van der Waals surface area contributed by atoms with Gasteiger partial charge in [0.05, 0.1) is 0 Å². The van der Waals surface area contributed by atoms with Crippen molar-refractivity contribution in [2.75, 3.05) is 26.2 Å². The highest BCUT2D eigenvalue weighted by Gasteiger charge is 2.29. The molecule has 1 heterocycles. The van der Waals surface area contributed by atoms with E-state index in [-0.39, 0.29) is 6.09 Å². The molecule has 0 aromatic heterocycles. The summed E-state index contributed by atoms with van der Waals surface area (Å²) in [7, 11) is 0. The Balaban J connectivity index is 1.75. The third-order valence-corrected chi connectivity index (χ3v) is 4.11. The molecule has 1 aromatic rings. The first kappa shape index (κ1) is 18.5. The minimum absolute atomic E-state index is 0.196. The van der Waals surface area contributed by atoms with E-state index in [9.17, 15) is 4.79 Å². The van der Waals surface area contributed by atoms with E-state index in [0.29, 0.717) is 6.04 Å². The number of benzene rings is 1. The molecule has 1 fully saturated rings. The topological polar surface area (TPSA) is 32.8 Å². The van der Waals surface area contributed by atoms with Crippen LogP contribution in [0.5, 0.6) is 0 Å². The van der Waals surface area contributed by atoms with E-state index in [2.05, 4.69) is 48.2 Å². The van der Waals surface area contributed by atoms with Gasteiger partial charge in [-0.05, 0) is 39.7 Å². The van der Waals surface area contributed by atoms with E-state index in [4.69, 9.17) is 4.74 Å². The molecule has 1 saturated heterocycles. The van der Waals surface area contributed by atoms with Crippen molar-refractivity contribution in [3.8, 4) is 0 Å². The second kappa shape index (κ2) is 8.34. The summed E-state index contributed by atoms with van der Waals surface area (Å²) in [4.78, 5) is 16.4. The van der Waals surface area contributed by atoms with Gasteiger partial charge in [-0.3, -0.25) is 4.90 Å². The predicted molar refractivity (Wildman–Crippen MR) is 98.9 cm³/mol. The molecule has 0 radical (unpaired) electrons. The van der Waals surface area contributed by atoms with Gasteiger partial charge in [-0.2, -0.15) is 0 Å². The molecule has 0 saturated carbocycles. The van der Waals surface area contributed by atoms with Gasteiger partial charge in [-0.25, -0.2) is 4.79 Å². The quantitative estimate of drug-likeness (QED) is 0.835. The standard InChI is InChI=1S/C20H30N2O2/c1-17-16-22(19(23)24-20(2,3)4)15-14-21(17)13-9-8-12-18-10-6-5-7-11-18/h5-8,10-12,17H,9,13-16H2,1-4H3/b12-8+/t17-/m1/s1. The van der Waals surface area contributed by atoms with Crippen molar-refractivity contribution in [3.05, 3.63) is 42.0 Å². The van der Waals surface area contributed by atoms with E-state index in [1.54, 1.807) is 0 Å². The van der Waals surface area contributed by atoms with Crippen LogP contribution in [-0.2, 0) is 4.74 Å². The van der Waals surface area contributed by atoms with Crippen LogP contribution in [0.1, 0.15) is 39.7 Å². The zero-order valence-electron chi connectivity index (χ0n) is 15.4. The minimum atomic E-state index is -0.431. The molecule has 0 unspecified atom stereocenters. The predicted octanol–water partition coefficient (Wildman–Crippen LogP) is 4.03. The summed E-state index contributed by atoms with van der Waals surface area (Å²) in [6, 6.07) is 10.7. The second-order valence-corrected chi connectivity index (χ2v) is 7.41. The van der Waals surface area contributed by atoms with Crippen molar-refractivity contribution >= 4 is 12.2 Å². The van der Waals surface area contributed by atoms with Gasteiger partial charge in [0.15, 0.2) is 0 Å². The molecule has 2 rings (SSSR count). The monoisotopic (exact) mass is 330 g/mol. The minimum Gasteiger partial charge on any atom is -0.444 e. The highest BCUT2D eigenvalue weighted by Crippen LogP contribution is 2.15. The molecule has 1 aliphatic heterocycles. The Morgan fingerprint density at radius 1 is 1.25 bits per heavy atom. The molecular weight excluding hydrogens is 300 g/mol. The first-order valence-electron chi connectivity index (χ1n) is 8.79. The Bertz CT molecular complexity index is 549. The Morgan fingerprint density at radius 2 is 1.96 bits per heavy atom. The number of hydrogen-bond donors (Lipinski definition) is 0. The van der Waals surface area contributed by atoms with Crippen molar-refractivity contribution in [1.82, 2.24) is 9.80 Å². The summed E-state index contributed by atoms with van der Waals surface area (Å²) in [5, 5.41) is 0. The number of hydrogen-bond acceptors (Lipinski definition) is 3. The fourth-order valence-corrected chi connectivity index (χ4v) is 2.84. The van der Waals surface area contributed by atoms with Crippen LogP contribution in [-0.4, -0.2) is 53.7 Å². The number of amides is 1. The number of nitrogens with zero attached hydrogens (tertiary/aromatic N) is 2. The van der Waals surface area contributed by atoms with Gasteiger partial charge in [-0.1, -0.05) is 42.5 Å². The van der Waals surface area contributed by atoms with E-state index in [1.165, 1.54) is 5.56 Å². The van der Waals surface area contributed by atoms with Gasteiger partial charge in [0, 0.05) is 32.2 Å². The summed E-state index contributed by atoms with van der Waals surface area (Å²) in [6.45, 7) is 11.3. The van der Waals surface area contributed by atoms with Crippen LogP contribution in [0.4, 0.5) is 4.79 Å². The molecule has 24 heavy (non-hydrogen) atoms. The highest BCUT2D eigenvalue weighted by molar-refractivity contribution is 5.68. The number of piperazine rings is 1. The number of carbonyl (C=O) groups is 1. The molecule has 4 heteroatoms. The number of carbonyl (C=O) groups excluding carboxylic acids is 1. The fraction of sp³-hybridized carbons (Fsp3) is 0.550.